The third-order valence-corrected chi connectivity index (χ3v) is 5.71. The van der Waals surface area contributed by atoms with Crippen molar-refractivity contribution in [1.82, 2.24) is 9.97 Å². The molecule has 182 valence electrons. The second-order valence-electron chi connectivity index (χ2n) is 8.12. The maximum Gasteiger partial charge on any atom is 0.337 e. The molecule has 2 N–H and O–H groups in total. The Balaban J connectivity index is 1.48. The summed E-state index contributed by atoms with van der Waals surface area (Å²) < 4.78 is 4.74. The molecule has 5 rings (SSSR count). The number of non-ortho nitro benzene ring substituents is 1. The number of ether oxygens (including phenoxy) is 1. The zero-order chi connectivity index (χ0) is 25.8. The minimum absolute atomic E-state index is 0.0719. The fourth-order valence-electron chi connectivity index (χ4n) is 3.83. The van der Waals surface area contributed by atoms with Gasteiger partial charge in [-0.15, -0.1) is 0 Å². The summed E-state index contributed by atoms with van der Waals surface area (Å²) in [5, 5.41) is 18.3. The van der Waals surface area contributed by atoms with Crippen molar-refractivity contribution in [2.45, 2.75) is 0 Å². The Morgan fingerprint density at radius 3 is 2.14 bits per heavy atom. The van der Waals surface area contributed by atoms with Crippen LogP contribution in [0.3, 0.4) is 0 Å². The molecule has 0 spiro atoms. The van der Waals surface area contributed by atoms with Crippen LogP contribution < -0.4 is 10.6 Å². The molecule has 0 unspecified atom stereocenters. The van der Waals surface area contributed by atoms with E-state index in [0.717, 1.165) is 16.8 Å². The normalized spacial score (nSPS) is 10.6. The van der Waals surface area contributed by atoms with Gasteiger partial charge in [0.2, 0.25) is 5.95 Å². The molecule has 0 radical (unpaired) electrons. The van der Waals surface area contributed by atoms with Crippen LogP contribution in [0.25, 0.3) is 22.0 Å². The maximum atomic E-state index is 11.7. The number of nitrogens with zero attached hydrogens (tertiary/aromatic N) is 3. The summed E-state index contributed by atoms with van der Waals surface area (Å²) in [7, 11) is 1.32. The van der Waals surface area contributed by atoms with Crippen LogP contribution in [0.4, 0.5) is 28.8 Å². The second kappa shape index (κ2) is 10.1. The van der Waals surface area contributed by atoms with E-state index in [-0.39, 0.29) is 5.69 Å². The zero-order valence-electron chi connectivity index (χ0n) is 19.7. The molecule has 0 aliphatic rings. The molecule has 0 amide bonds. The Bertz CT molecular complexity index is 1590. The van der Waals surface area contributed by atoms with Gasteiger partial charge in [-0.05, 0) is 53.6 Å². The van der Waals surface area contributed by atoms with E-state index < -0.39 is 10.9 Å². The lowest BCUT2D eigenvalue weighted by molar-refractivity contribution is -0.384. The highest BCUT2D eigenvalue weighted by Gasteiger charge is 2.14. The number of nitro benzene ring substituents is 1. The van der Waals surface area contributed by atoms with Crippen LogP contribution in [0.2, 0.25) is 0 Å². The SMILES string of the molecule is COC(=O)c1ccc(Nc2nc(Nc3ccc(-c4ccccc4)cc3)nc3ccc([N+](=O)[O-])cc23)cc1. The summed E-state index contributed by atoms with van der Waals surface area (Å²) >= 11 is 0. The van der Waals surface area contributed by atoms with Crippen molar-refractivity contribution in [1.29, 1.82) is 0 Å². The van der Waals surface area contributed by atoms with E-state index in [4.69, 9.17) is 4.74 Å². The predicted molar refractivity (Wildman–Crippen MR) is 142 cm³/mol. The second-order valence-corrected chi connectivity index (χ2v) is 8.12. The van der Waals surface area contributed by atoms with E-state index in [1.807, 2.05) is 54.6 Å². The summed E-state index contributed by atoms with van der Waals surface area (Å²) in [6, 6.07) is 29.0. The number of esters is 1. The quantitative estimate of drug-likeness (QED) is 0.151. The van der Waals surface area contributed by atoms with Crippen LogP contribution in [-0.2, 0) is 4.74 Å². The zero-order valence-corrected chi connectivity index (χ0v) is 19.7. The lowest BCUT2D eigenvalue weighted by atomic mass is 10.1. The Morgan fingerprint density at radius 1 is 0.811 bits per heavy atom. The molecule has 0 fully saturated rings. The number of hydrogen-bond acceptors (Lipinski definition) is 8. The standard InChI is InChI=1S/C28H21N5O4/c1-37-27(34)20-9-13-21(14-10-20)29-26-24-17-23(33(35)36)15-16-25(24)31-28(32-26)30-22-11-7-19(8-12-22)18-5-3-2-4-6-18/h2-17H,1H3,(H2,29,30,31,32). The summed E-state index contributed by atoms with van der Waals surface area (Å²) in [6.07, 6.45) is 0. The number of fused-ring (bicyclic) bond motifs is 1. The summed E-state index contributed by atoms with van der Waals surface area (Å²) in [5.41, 5.74) is 4.47. The van der Waals surface area contributed by atoms with Gasteiger partial charge in [-0.3, -0.25) is 10.1 Å². The molecule has 0 bridgehead atoms. The van der Waals surface area contributed by atoms with Gasteiger partial charge in [0.05, 0.1) is 23.1 Å². The topological polar surface area (TPSA) is 119 Å². The number of aromatic nitrogens is 2. The number of anilines is 4. The first-order valence-corrected chi connectivity index (χ1v) is 11.3. The number of hydrogen-bond donors (Lipinski definition) is 2. The van der Waals surface area contributed by atoms with Crippen molar-refractivity contribution in [3.05, 3.63) is 113 Å². The summed E-state index contributed by atoms with van der Waals surface area (Å²) in [5.74, 6) is 0.254. The third kappa shape index (κ3) is 5.20. The van der Waals surface area contributed by atoms with Gasteiger partial charge in [0.25, 0.3) is 5.69 Å². The van der Waals surface area contributed by atoms with Gasteiger partial charge in [-0.1, -0.05) is 42.5 Å². The number of methoxy groups -OCH3 is 1. The van der Waals surface area contributed by atoms with Crippen LogP contribution in [0.15, 0.2) is 97.1 Å². The maximum absolute atomic E-state index is 11.7. The van der Waals surface area contributed by atoms with E-state index in [9.17, 15) is 14.9 Å². The first-order valence-electron chi connectivity index (χ1n) is 11.3. The molecule has 0 saturated carbocycles. The first-order chi connectivity index (χ1) is 18.0. The number of carbonyl (C=O) groups is 1. The molecule has 4 aromatic carbocycles. The van der Waals surface area contributed by atoms with Gasteiger partial charge in [0, 0.05) is 28.9 Å². The fourth-order valence-corrected chi connectivity index (χ4v) is 3.83. The lowest BCUT2D eigenvalue weighted by Gasteiger charge is -2.13. The minimum Gasteiger partial charge on any atom is -0.465 e. The number of rotatable bonds is 7. The van der Waals surface area contributed by atoms with E-state index in [0.29, 0.717) is 33.9 Å². The van der Waals surface area contributed by atoms with E-state index in [2.05, 4.69) is 20.6 Å². The summed E-state index contributed by atoms with van der Waals surface area (Å²) in [6.45, 7) is 0. The molecule has 1 aromatic heterocycles. The molecular formula is C28H21N5O4. The fraction of sp³-hybridized carbons (Fsp3) is 0.0357. The van der Waals surface area contributed by atoms with Gasteiger partial charge >= 0.3 is 5.97 Å². The van der Waals surface area contributed by atoms with Gasteiger partial charge in [0.1, 0.15) is 5.82 Å². The molecule has 0 aliphatic carbocycles. The molecular weight excluding hydrogens is 470 g/mol. The van der Waals surface area contributed by atoms with Gasteiger partial charge in [0.15, 0.2) is 0 Å². The molecule has 9 heteroatoms. The largest absolute Gasteiger partial charge is 0.465 e. The lowest BCUT2D eigenvalue weighted by Crippen LogP contribution is -2.04. The monoisotopic (exact) mass is 491 g/mol. The van der Waals surface area contributed by atoms with Gasteiger partial charge in [-0.2, -0.15) is 4.98 Å². The molecule has 5 aromatic rings. The minimum atomic E-state index is -0.463. The van der Waals surface area contributed by atoms with Crippen molar-refractivity contribution in [3.8, 4) is 11.1 Å². The molecule has 1 heterocycles. The van der Waals surface area contributed by atoms with Gasteiger partial charge in [-0.25, -0.2) is 9.78 Å². The van der Waals surface area contributed by atoms with Crippen molar-refractivity contribution in [3.63, 3.8) is 0 Å². The molecule has 37 heavy (non-hydrogen) atoms. The highest BCUT2D eigenvalue weighted by atomic mass is 16.6. The van der Waals surface area contributed by atoms with Crippen LogP contribution in [-0.4, -0.2) is 28.0 Å². The van der Waals surface area contributed by atoms with Crippen LogP contribution in [0, 0.1) is 10.1 Å². The number of nitro groups is 1. The summed E-state index contributed by atoms with van der Waals surface area (Å²) in [4.78, 5) is 31.8. The Labute approximate surface area is 211 Å². The first kappa shape index (κ1) is 23.4. The van der Waals surface area contributed by atoms with E-state index >= 15 is 0 Å². The third-order valence-electron chi connectivity index (χ3n) is 5.71. The van der Waals surface area contributed by atoms with Crippen molar-refractivity contribution >= 4 is 45.7 Å². The number of carbonyl (C=O) groups excluding carboxylic acids is 1. The number of nitrogens with one attached hydrogen (secondary N) is 2. The van der Waals surface area contributed by atoms with Crippen molar-refractivity contribution < 1.29 is 14.5 Å². The molecule has 0 aliphatic heterocycles. The Hall–Kier alpha value is -5.31. The highest BCUT2D eigenvalue weighted by molar-refractivity contribution is 5.94. The smallest absolute Gasteiger partial charge is 0.337 e. The molecule has 9 nitrogen and oxygen atoms in total. The predicted octanol–water partition coefficient (Wildman–Crippen LogP) is 6.48. The van der Waals surface area contributed by atoms with Crippen molar-refractivity contribution in [2.24, 2.45) is 0 Å². The molecule has 0 atom stereocenters. The van der Waals surface area contributed by atoms with Crippen LogP contribution >= 0.6 is 0 Å². The Morgan fingerprint density at radius 2 is 1.46 bits per heavy atom. The average molecular weight is 492 g/mol. The average Bonchev–Trinajstić information content (AvgIpc) is 2.93. The molecule has 0 saturated heterocycles. The van der Waals surface area contributed by atoms with Gasteiger partial charge < -0.3 is 15.4 Å². The van der Waals surface area contributed by atoms with E-state index in [1.165, 1.54) is 19.2 Å². The van der Waals surface area contributed by atoms with Crippen LogP contribution in [0.5, 0.6) is 0 Å². The highest BCUT2D eigenvalue weighted by Crippen LogP contribution is 2.30. The van der Waals surface area contributed by atoms with Crippen LogP contribution in [0.1, 0.15) is 10.4 Å². The Kier molecular flexibility index (Phi) is 6.41. The number of benzene rings is 4. The van der Waals surface area contributed by atoms with Crippen molar-refractivity contribution in [2.75, 3.05) is 17.7 Å². The van der Waals surface area contributed by atoms with E-state index in [1.54, 1.807) is 30.3 Å².